The van der Waals surface area contributed by atoms with E-state index < -0.39 is 0 Å². The van der Waals surface area contributed by atoms with Crippen LogP contribution in [0.4, 0.5) is 5.82 Å². The Balaban J connectivity index is 1.96. The SMILES string of the molecule is C=CC(=O)N1CCC(C)(c2[nH]c(N)c(/C=C(\N)c3ccccc3O)c2C)C1. The summed E-state index contributed by atoms with van der Waals surface area (Å²) in [6, 6.07) is 6.92. The van der Waals surface area contributed by atoms with Gasteiger partial charge in [0.05, 0.1) is 0 Å². The van der Waals surface area contributed by atoms with Gasteiger partial charge in [-0.25, -0.2) is 0 Å². The van der Waals surface area contributed by atoms with Crippen LogP contribution in [0.25, 0.3) is 11.8 Å². The molecular weight excluding hydrogens is 340 g/mol. The monoisotopic (exact) mass is 366 g/mol. The maximum absolute atomic E-state index is 11.9. The number of nitrogens with zero attached hydrogens (tertiary/aromatic N) is 1. The predicted octanol–water partition coefficient (Wildman–Crippen LogP) is 2.74. The van der Waals surface area contributed by atoms with E-state index in [-0.39, 0.29) is 17.1 Å². The Hall–Kier alpha value is -3.15. The smallest absolute Gasteiger partial charge is 0.245 e. The first-order valence-electron chi connectivity index (χ1n) is 8.92. The minimum Gasteiger partial charge on any atom is -0.507 e. The highest BCUT2D eigenvalue weighted by Gasteiger charge is 2.39. The first-order valence-corrected chi connectivity index (χ1v) is 8.92. The van der Waals surface area contributed by atoms with Crippen molar-refractivity contribution >= 4 is 23.5 Å². The van der Waals surface area contributed by atoms with E-state index in [9.17, 15) is 9.90 Å². The molecule has 1 saturated heterocycles. The van der Waals surface area contributed by atoms with Crippen molar-refractivity contribution in [2.24, 2.45) is 5.73 Å². The van der Waals surface area contributed by atoms with Gasteiger partial charge in [-0.1, -0.05) is 25.6 Å². The number of H-pyrrole nitrogens is 1. The van der Waals surface area contributed by atoms with Crippen LogP contribution in [0.1, 0.15) is 35.7 Å². The Morgan fingerprint density at radius 1 is 1.41 bits per heavy atom. The van der Waals surface area contributed by atoms with Crippen molar-refractivity contribution < 1.29 is 9.90 Å². The highest BCUT2D eigenvalue weighted by molar-refractivity contribution is 5.88. The van der Waals surface area contributed by atoms with Crippen LogP contribution in [0, 0.1) is 6.92 Å². The number of nitrogens with two attached hydrogens (primary N) is 2. The number of aromatic amines is 1. The van der Waals surface area contributed by atoms with Gasteiger partial charge in [0, 0.05) is 41.0 Å². The predicted molar refractivity (Wildman–Crippen MR) is 109 cm³/mol. The Bertz CT molecular complexity index is 928. The molecule has 0 spiro atoms. The highest BCUT2D eigenvalue weighted by atomic mass is 16.3. The van der Waals surface area contributed by atoms with Crippen molar-refractivity contribution in [3.8, 4) is 5.75 Å². The second-order valence-electron chi connectivity index (χ2n) is 7.34. The van der Waals surface area contributed by atoms with Crippen molar-refractivity contribution in [1.82, 2.24) is 9.88 Å². The molecule has 1 aliphatic rings. The van der Waals surface area contributed by atoms with Crippen LogP contribution in [0.3, 0.4) is 0 Å². The molecule has 1 fully saturated rings. The molecule has 6 heteroatoms. The third-order valence-corrected chi connectivity index (χ3v) is 5.41. The van der Waals surface area contributed by atoms with Gasteiger partial charge in [0.15, 0.2) is 0 Å². The molecule has 0 aliphatic carbocycles. The van der Waals surface area contributed by atoms with Crippen molar-refractivity contribution in [1.29, 1.82) is 0 Å². The van der Waals surface area contributed by atoms with Crippen LogP contribution in [0.5, 0.6) is 5.75 Å². The first kappa shape index (κ1) is 18.6. The molecule has 3 rings (SSSR count). The fourth-order valence-corrected chi connectivity index (χ4v) is 3.86. The summed E-state index contributed by atoms with van der Waals surface area (Å²) in [5.74, 6) is 0.593. The summed E-state index contributed by atoms with van der Waals surface area (Å²) in [6.45, 7) is 8.98. The van der Waals surface area contributed by atoms with Gasteiger partial charge in [0.2, 0.25) is 5.91 Å². The lowest BCUT2D eigenvalue weighted by Gasteiger charge is -2.24. The molecule has 27 heavy (non-hydrogen) atoms. The van der Waals surface area contributed by atoms with Crippen LogP contribution in [0.2, 0.25) is 0 Å². The van der Waals surface area contributed by atoms with Gasteiger partial charge >= 0.3 is 0 Å². The minimum absolute atomic E-state index is 0.0557. The van der Waals surface area contributed by atoms with Gasteiger partial charge in [0.25, 0.3) is 0 Å². The van der Waals surface area contributed by atoms with Gasteiger partial charge in [0.1, 0.15) is 11.6 Å². The van der Waals surface area contributed by atoms with Gasteiger partial charge in [-0.2, -0.15) is 0 Å². The standard InChI is InChI=1S/C21H26N4O2/c1-4-18(27)25-10-9-21(3,12-25)19-13(2)15(20(23)24-19)11-16(22)14-7-5-6-8-17(14)26/h4-8,11,24,26H,1,9-10,12,22-23H2,2-3H3/b16-11-. The molecule has 2 heterocycles. The molecular formula is C21H26N4O2. The lowest BCUT2D eigenvalue weighted by molar-refractivity contribution is -0.125. The number of amides is 1. The zero-order valence-corrected chi connectivity index (χ0v) is 15.7. The van der Waals surface area contributed by atoms with Crippen molar-refractivity contribution in [3.63, 3.8) is 0 Å². The number of rotatable bonds is 4. The molecule has 1 aromatic heterocycles. The fraction of sp³-hybridized carbons (Fsp3) is 0.286. The number of carbonyl (C=O) groups excluding carboxylic acids is 1. The van der Waals surface area contributed by atoms with E-state index in [0.717, 1.165) is 23.2 Å². The number of carbonyl (C=O) groups is 1. The third-order valence-electron chi connectivity index (χ3n) is 5.41. The van der Waals surface area contributed by atoms with E-state index in [1.807, 2.05) is 13.0 Å². The molecule has 1 aliphatic heterocycles. The molecule has 1 atom stereocenters. The van der Waals surface area contributed by atoms with E-state index in [4.69, 9.17) is 11.5 Å². The van der Waals surface area contributed by atoms with Crippen LogP contribution < -0.4 is 11.5 Å². The number of benzene rings is 1. The highest BCUT2D eigenvalue weighted by Crippen LogP contribution is 2.39. The maximum atomic E-state index is 11.9. The van der Waals surface area contributed by atoms with Gasteiger partial charge < -0.3 is 26.5 Å². The molecule has 6 nitrogen and oxygen atoms in total. The number of nitrogens with one attached hydrogen (secondary N) is 1. The molecule has 1 aromatic carbocycles. The van der Waals surface area contributed by atoms with Crippen LogP contribution in [-0.2, 0) is 10.2 Å². The van der Waals surface area contributed by atoms with E-state index in [1.54, 1.807) is 29.2 Å². The number of aromatic nitrogens is 1. The number of aromatic hydroxyl groups is 1. The number of hydrogen-bond acceptors (Lipinski definition) is 4. The topological polar surface area (TPSA) is 108 Å². The minimum atomic E-state index is -0.216. The molecule has 2 aromatic rings. The summed E-state index contributed by atoms with van der Waals surface area (Å²) in [5.41, 5.74) is 16.1. The Kier molecular flexibility index (Phi) is 4.74. The second-order valence-corrected chi connectivity index (χ2v) is 7.34. The van der Waals surface area contributed by atoms with Crippen LogP contribution in [0.15, 0.2) is 36.9 Å². The summed E-state index contributed by atoms with van der Waals surface area (Å²) in [5, 5.41) is 10.0. The van der Waals surface area contributed by atoms with Gasteiger partial charge in [-0.05, 0) is 43.2 Å². The Morgan fingerprint density at radius 3 is 2.78 bits per heavy atom. The molecule has 0 bridgehead atoms. The summed E-state index contributed by atoms with van der Waals surface area (Å²) in [6.07, 6.45) is 3.97. The molecule has 0 radical (unpaired) electrons. The number of likely N-dealkylation sites (tertiary alicyclic amines) is 1. The maximum Gasteiger partial charge on any atom is 0.245 e. The average Bonchev–Trinajstić information content (AvgIpc) is 3.17. The molecule has 142 valence electrons. The van der Waals surface area contributed by atoms with Gasteiger partial charge in [-0.3, -0.25) is 4.79 Å². The molecule has 6 N–H and O–H groups in total. The van der Waals surface area contributed by atoms with Crippen LogP contribution >= 0.6 is 0 Å². The zero-order valence-electron chi connectivity index (χ0n) is 15.7. The van der Waals surface area contributed by atoms with Crippen molar-refractivity contribution in [2.75, 3.05) is 18.8 Å². The number of nitrogen functional groups attached to an aromatic ring is 1. The summed E-state index contributed by atoms with van der Waals surface area (Å²) < 4.78 is 0. The summed E-state index contributed by atoms with van der Waals surface area (Å²) >= 11 is 0. The van der Waals surface area contributed by atoms with Crippen molar-refractivity contribution in [3.05, 3.63) is 59.3 Å². The van der Waals surface area contributed by atoms with E-state index >= 15 is 0 Å². The second kappa shape index (κ2) is 6.87. The van der Waals surface area contributed by atoms with Crippen molar-refractivity contribution in [2.45, 2.75) is 25.7 Å². The van der Waals surface area contributed by atoms with Crippen LogP contribution in [-0.4, -0.2) is 34.0 Å². The molecule has 1 amide bonds. The number of anilines is 1. The number of para-hydroxylation sites is 1. The summed E-state index contributed by atoms with van der Waals surface area (Å²) in [4.78, 5) is 17.0. The lowest BCUT2D eigenvalue weighted by atomic mass is 9.83. The molecule has 1 unspecified atom stereocenters. The Morgan fingerprint density at radius 2 is 2.11 bits per heavy atom. The fourth-order valence-electron chi connectivity index (χ4n) is 3.86. The quantitative estimate of drug-likeness (QED) is 0.624. The normalized spacial score (nSPS) is 20.1. The zero-order chi connectivity index (χ0) is 19.8. The number of phenols is 1. The van der Waals surface area contributed by atoms with E-state index in [2.05, 4.69) is 18.5 Å². The molecule has 0 saturated carbocycles. The number of hydrogen-bond donors (Lipinski definition) is 4. The largest absolute Gasteiger partial charge is 0.507 e. The van der Waals surface area contributed by atoms with E-state index in [1.165, 1.54) is 6.08 Å². The lowest BCUT2D eigenvalue weighted by Crippen LogP contribution is -2.32. The number of phenolic OH excluding ortho intramolecular Hbond substituents is 1. The third kappa shape index (κ3) is 3.30. The first-order chi connectivity index (χ1) is 12.8. The summed E-state index contributed by atoms with van der Waals surface area (Å²) in [7, 11) is 0. The van der Waals surface area contributed by atoms with E-state index in [0.29, 0.717) is 30.2 Å². The van der Waals surface area contributed by atoms with Gasteiger partial charge in [-0.15, -0.1) is 0 Å². The average molecular weight is 366 g/mol. The Labute approximate surface area is 159 Å².